The van der Waals surface area contributed by atoms with E-state index in [2.05, 4.69) is 19.2 Å². The van der Waals surface area contributed by atoms with Gasteiger partial charge in [0.1, 0.15) is 0 Å². The molecule has 0 bridgehead atoms. The SMILES string of the molecule is CCCC(C)NCCn1ccn(CC)c1=O. The molecule has 4 nitrogen and oxygen atoms in total. The lowest BCUT2D eigenvalue weighted by molar-refractivity contribution is 0.480. The van der Waals surface area contributed by atoms with Gasteiger partial charge in [0.15, 0.2) is 0 Å². The maximum Gasteiger partial charge on any atom is 0.328 e. The zero-order valence-corrected chi connectivity index (χ0v) is 10.6. The molecule has 0 radical (unpaired) electrons. The van der Waals surface area contributed by atoms with Crippen LogP contribution in [0.15, 0.2) is 17.2 Å². The van der Waals surface area contributed by atoms with Gasteiger partial charge in [0.05, 0.1) is 0 Å². The van der Waals surface area contributed by atoms with Crippen LogP contribution in [-0.2, 0) is 13.1 Å². The third-order valence-corrected chi connectivity index (χ3v) is 2.83. The normalized spacial score (nSPS) is 12.9. The summed E-state index contributed by atoms with van der Waals surface area (Å²) in [6, 6.07) is 0.536. The van der Waals surface area contributed by atoms with Crippen LogP contribution in [0.5, 0.6) is 0 Å². The quantitative estimate of drug-likeness (QED) is 0.763. The summed E-state index contributed by atoms with van der Waals surface area (Å²) in [5, 5.41) is 3.42. The molecule has 1 aromatic rings. The van der Waals surface area contributed by atoms with Crippen molar-refractivity contribution >= 4 is 0 Å². The van der Waals surface area contributed by atoms with E-state index in [-0.39, 0.29) is 5.69 Å². The predicted octanol–water partition coefficient (Wildman–Crippen LogP) is 1.45. The standard InChI is InChI=1S/C12H23N3O/c1-4-6-11(3)13-7-8-15-10-9-14(5-2)12(15)16/h9-11,13H,4-8H2,1-3H3. The molecule has 0 aromatic carbocycles. The Labute approximate surface area is 97.3 Å². The summed E-state index contributed by atoms with van der Waals surface area (Å²) in [6.45, 7) is 8.70. The van der Waals surface area contributed by atoms with Crippen molar-refractivity contribution in [2.45, 2.75) is 52.7 Å². The van der Waals surface area contributed by atoms with E-state index in [0.717, 1.165) is 19.6 Å². The number of nitrogens with one attached hydrogen (secondary N) is 1. The van der Waals surface area contributed by atoms with Crippen LogP contribution < -0.4 is 11.0 Å². The van der Waals surface area contributed by atoms with Gasteiger partial charge in [0.25, 0.3) is 0 Å². The summed E-state index contributed by atoms with van der Waals surface area (Å²) in [4.78, 5) is 11.7. The van der Waals surface area contributed by atoms with Crippen LogP contribution in [-0.4, -0.2) is 21.7 Å². The van der Waals surface area contributed by atoms with E-state index >= 15 is 0 Å². The lowest BCUT2D eigenvalue weighted by atomic mass is 10.2. The first-order chi connectivity index (χ1) is 7.69. The van der Waals surface area contributed by atoms with Gasteiger partial charge < -0.3 is 5.32 Å². The molecule has 1 rings (SSSR count). The second-order valence-corrected chi connectivity index (χ2v) is 4.20. The van der Waals surface area contributed by atoms with Crippen LogP contribution in [0, 0.1) is 0 Å². The molecular weight excluding hydrogens is 202 g/mol. The first-order valence-electron chi connectivity index (χ1n) is 6.18. The van der Waals surface area contributed by atoms with Crippen LogP contribution >= 0.6 is 0 Å². The van der Waals surface area contributed by atoms with Crippen LogP contribution in [0.2, 0.25) is 0 Å². The Balaban J connectivity index is 2.37. The van der Waals surface area contributed by atoms with Crippen molar-refractivity contribution in [3.05, 3.63) is 22.9 Å². The van der Waals surface area contributed by atoms with Gasteiger partial charge in [-0.3, -0.25) is 9.13 Å². The number of aromatic nitrogens is 2. The average Bonchev–Trinajstić information content (AvgIpc) is 2.60. The molecule has 0 aliphatic heterocycles. The van der Waals surface area contributed by atoms with E-state index in [9.17, 15) is 4.79 Å². The van der Waals surface area contributed by atoms with E-state index < -0.39 is 0 Å². The van der Waals surface area contributed by atoms with Crippen molar-refractivity contribution in [2.24, 2.45) is 0 Å². The molecule has 1 heterocycles. The average molecular weight is 225 g/mol. The molecule has 16 heavy (non-hydrogen) atoms. The summed E-state index contributed by atoms with van der Waals surface area (Å²) < 4.78 is 3.48. The minimum Gasteiger partial charge on any atom is -0.312 e. The Bertz CT molecular complexity index is 353. The van der Waals surface area contributed by atoms with E-state index in [1.807, 2.05) is 19.3 Å². The lowest BCUT2D eigenvalue weighted by Gasteiger charge is -2.12. The molecule has 92 valence electrons. The highest BCUT2D eigenvalue weighted by molar-refractivity contribution is 4.81. The van der Waals surface area contributed by atoms with Crippen molar-refractivity contribution in [2.75, 3.05) is 6.54 Å². The third kappa shape index (κ3) is 3.52. The summed E-state index contributed by atoms with van der Waals surface area (Å²) in [5.41, 5.74) is 0.0902. The highest BCUT2D eigenvalue weighted by Crippen LogP contribution is 1.94. The van der Waals surface area contributed by atoms with Gasteiger partial charge >= 0.3 is 5.69 Å². The van der Waals surface area contributed by atoms with Crippen molar-refractivity contribution in [3.8, 4) is 0 Å². The van der Waals surface area contributed by atoms with E-state index in [4.69, 9.17) is 0 Å². The molecule has 0 fully saturated rings. The predicted molar refractivity (Wildman–Crippen MR) is 66.7 cm³/mol. The molecule has 0 spiro atoms. The van der Waals surface area contributed by atoms with Crippen molar-refractivity contribution in [1.82, 2.24) is 14.5 Å². The summed E-state index contributed by atoms with van der Waals surface area (Å²) in [6.07, 6.45) is 6.08. The van der Waals surface area contributed by atoms with Crippen LogP contribution in [0.4, 0.5) is 0 Å². The molecule has 1 aromatic heterocycles. The summed E-state index contributed by atoms with van der Waals surface area (Å²) >= 11 is 0. The number of aryl methyl sites for hydroxylation is 1. The molecule has 0 aliphatic carbocycles. The molecule has 0 saturated heterocycles. The minimum absolute atomic E-state index is 0.0902. The second-order valence-electron chi connectivity index (χ2n) is 4.20. The largest absolute Gasteiger partial charge is 0.328 e. The van der Waals surface area contributed by atoms with Crippen LogP contribution in [0.3, 0.4) is 0 Å². The van der Waals surface area contributed by atoms with Gasteiger partial charge in [-0.25, -0.2) is 4.79 Å². The molecule has 4 heteroatoms. The van der Waals surface area contributed by atoms with E-state index in [0.29, 0.717) is 6.04 Å². The fourth-order valence-corrected chi connectivity index (χ4v) is 1.83. The van der Waals surface area contributed by atoms with Crippen molar-refractivity contribution < 1.29 is 0 Å². The number of nitrogens with zero attached hydrogens (tertiary/aromatic N) is 2. The van der Waals surface area contributed by atoms with Crippen molar-refractivity contribution in [3.63, 3.8) is 0 Å². The number of hydrogen-bond donors (Lipinski definition) is 1. The zero-order chi connectivity index (χ0) is 12.0. The first kappa shape index (κ1) is 13.0. The summed E-state index contributed by atoms with van der Waals surface area (Å²) in [5.74, 6) is 0. The lowest BCUT2D eigenvalue weighted by Crippen LogP contribution is -2.32. The molecule has 1 atom stereocenters. The highest BCUT2D eigenvalue weighted by atomic mass is 16.1. The maximum absolute atomic E-state index is 11.7. The first-order valence-corrected chi connectivity index (χ1v) is 6.18. The second kappa shape index (κ2) is 6.53. The van der Waals surface area contributed by atoms with Gasteiger partial charge in [0, 0.05) is 38.1 Å². The van der Waals surface area contributed by atoms with E-state index in [1.165, 1.54) is 12.8 Å². The van der Waals surface area contributed by atoms with Gasteiger partial charge in [-0.1, -0.05) is 13.3 Å². The Morgan fingerprint density at radius 1 is 1.31 bits per heavy atom. The van der Waals surface area contributed by atoms with Gasteiger partial charge in [0.2, 0.25) is 0 Å². The third-order valence-electron chi connectivity index (χ3n) is 2.83. The zero-order valence-electron chi connectivity index (χ0n) is 10.6. The topological polar surface area (TPSA) is 39.0 Å². The fraction of sp³-hybridized carbons (Fsp3) is 0.750. The highest BCUT2D eigenvalue weighted by Gasteiger charge is 2.02. The Morgan fingerprint density at radius 3 is 2.56 bits per heavy atom. The molecular formula is C12H23N3O. The minimum atomic E-state index is 0.0902. The Hall–Kier alpha value is -1.03. The van der Waals surface area contributed by atoms with Crippen molar-refractivity contribution in [1.29, 1.82) is 0 Å². The van der Waals surface area contributed by atoms with Gasteiger partial charge in [-0.2, -0.15) is 0 Å². The molecule has 1 N–H and O–H groups in total. The number of imidazole rings is 1. The number of rotatable bonds is 7. The van der Waals surface area contributed by atoms with Gasteiger partial charge in [-0.05, 0) is 20.3 Å². The maximum atomic E-state index is 11.7. The fourth-order valence-electron chi connectivity index (χ4n) is 1.83. The molecule has 0 saturated carbocycles. The van der Waals surface area contributed by atoms with Crippen LogP contribution in [0.25, 0.3) is 0 Å². The van der Waals surface area contributed by atoms with E-state index in [1.54, 1.807) is 9.13 Å². The summed E-state index contributed by atoms with van der Waals surface area (Å²) in [7, 11) is 0. The molecule has 1 unspecified atom stereocenters. The smallest absolute Gasteiger partial charge is 0.312 e. The molecule has 0 aliphatic rings. The Kier molecular flexibility index (Phi) is 5.32. The Morgan fingerprint density at radius 2 is 2.00 bits per heavy atom. The monoisotopic (exact) mass is 225 g/mol. The van der Waals surface area contributed by atoms with Gasteiger partial charge in [-0.15, -0.1) is 0 Å². The molecule has 0 amide bonds. The number of hydrogen-bond acceptors (Lipinski definition) is 2. The van der Waals surface area contributed by atoms with Crippen LogP contribution in [0.1, 0.15) is 33.6 Å².